The van der Waals surface area contributed by atoms with Crippen LogP contribution in [0.2, 0.25) is 5.02 Å². The van der Waals surface area contributed by atoms with Crippen molar-refractivity contribution in [2.45, 2.75) is 25.7 Å². The van der Waals surface area contributed by atoms with E-state index in [1.807, 2.05) is 18.2 Å². The first-order chi connectivity index (χ1) is 15.2. The van der Waals surface area contributed by atoms with E-state index in [2.05, 4.69) is 52.6 Å². The fourth-order valence-electron chi connectivity index (χ4n) is 4.39. The number of amides is 1. The Morgan fingerprint density at radius 3 is 2.81 bits per heavy atom. The molecule has 1 saturated heterocycles. The van der Waals surface area contributed by atoms with E-state index < -0.39 is 0 Å². The van der Waals surface area contributed by atoms with Gasteiger partial charge in [0.05, 0.1) is 13.2 Å². The lowest BCUT2D eigenvalue weighted by Gasteiger charge is -2.26. The number of benzene rings is 2. The van der Waals surface area contributed by atoms with Crippen molar-refractivity contribution in [2.75, 3.05) is 39.4 Å². The monoisotopic (exact) mass is 439 g/mol. The summed E-state index contributed by atoms with van der Waals surface area (Å²) in [4.78, 5) is 18.7. The first-order valence-electron chi connectivity index (χ1n) is 11.1. The molecule has 1 aliphatic rings. The molecular weight excluding hydrogens is 410 g/mol. The van der Waals surface area contributed by atoms with Crippen molar-refractivity contribution in [1.29, 1.82) is 0 Å². The van der Waals surface area contributed by atoms with Gasteiger partial charge in [0.15, 0.2) is 0 Å². The molecule has 2 N–H and O–H groups in total. The van der Waals surface area contributed by atoms with Crippen LogP contribution in [0.1, 0.15) is 36.0 Å². The molecule has 3 aromatic rings. The van der Waals surface area contributed by atoms with Gasteiger partial charge in [0.2, 0.25) is 5.91 Å². The molecule has 0 radical (unpaired) electrons. The van der Waals surface area contributed by atoms with Crippen molar-refractivity contribution >= 4 is 28.4 Å². The summed E-state index contributed by atoms with van der Waals surface area (Å²) < 4.78 is 5.39. The number of rotatable bonds is 8. The van der Waals surface area contributed by atoms with Crippen LogP contribution in [-0.4, -0.2) is 55.2 Å². The zero-order chi connectivity index (χ0) is 21.6. The van der Waals surface area contributed by atoms with Gasteiger partial charge in [-0.15, -0.1) is 0 Å². The van der Waals surface area contributed by atoms with Gasteiger partial charge >= 0.3 is 0 Å². The summed E-state index contributed by atoms with van der Waals surface area (Å²) in [5, 5.41) is 4.97. The molecule has 6 heteroatoms. The van der Waals surface area contributed by atoms with Crippen LogP contribution >= 0.6 is 11.6 Å². The number of nitrogens with zero attached hydrogens (tertiary/aromatic N) is 1. The minimum atomic E-state index is -0.0667. The van der Waals surface area contributed by atoms with Crippen molar-refractivity contribution in [3.05, 3.63) is 70.4 Å². The van der Waals surface area contributed by atoms with Gasteiger partial charge in [-0.3, -0.25) is 9.69 Å². The van der Waals surface area contributed by atoms with Crippen molar-refractivity contribution in [1.82, 2.24) is 15.2 Å². The largest absolute Gasteiger partial charge is 0.379 e. The Kier molecular flexibility index (Phi) is 7.28. The molecular formula is C25H30ClN3O2. The Hall–Kier alpha value is -2.34. The van der Waals surface area contributed by atoms with E-state index in [4.69, 9.17) is 16.3 Å². The molecule has 5 nitrogen and oxygen atoms in total. The normalized spacial score (nSPS) is 15.8. The molecule has 1 atom stereocenters. The van der Waals surface area contributed by atoms with E-state index in [0.717, 1.165) is 55.9 Å². The molecule has 2 heterocycles. The molecule has 31 heavy (non-hydrogen) atoms. The number of aromatic amines is 1. The van der Waals surface area contributed by atoms with Crippen molar-refractivity contribution in [2.24, 2.45) is 0 Å². The van der Waals surface area contributed by atoms with Gasteiger partial charge in [-0.2, -0.15) is 0 Å². The minimum absolute atomic E-state index is 0.0548. The maximum atomic E-state index is 12.9. The fraction of sp³-hybridized carbons (Fsp3) is 0.400. The molecule has 164 valence electrons. The second-order valence-electron chi connectivity index (χ2n) is 8.05. The summed E-state index contributed by atoms with van der Waals surface area (Å²) in [6, 6.07) is 14.2. The van der Waals surface area contributed by atoms with Crippen molar-refractivity contribution in [3.63, 3.8) is 0 Å². The molecule has 0 unspecified atom stereocenters. The number of fused-ring (bicyclic) bond motifs is 1. The Morgan fingerprint density at radius 1 is 1.23 bits per heavy atom. The molecule has 0 bridgehead atoms. The number of aromatic nitrogens is 1. The highest BCUT2D eigenvalue weighted by Gasteiger charge is 2.22. The van der Waals surface area contributed by atoms with Gasteiger partial charge in [0.1, 0.15) is 0 Å². The second kappa shape index (κ2) is 10.3. The third-order valence-electron chi connectivity index (χ3n) is 6.08. The highest BCUT2D eigenvalue weighted by atomic mass is 35.5. The summed E-state index contributed by atoms with van der Waals surface area (Å²) >= 11 is 6.30. The van der Waals surface area contributed by atoms with Crippen LogP contribution in [0, 0.1) is 0 Å². The minimum Gasteiger partial charge on any atom is -0.379 e. The van der Waals surface area contributed by atoms with E-state index >= 15 is 0 Å². The average molecular weight is 440 g/mol. The second-order valence-corrected chi connectivity index (χ2v) is 8.49. The summed E-state index contributed by atoms with van der Waals surface area (Å²) in [6.45, 7) is 7.05. The number of carbonyl (C=O) groups is 1. The van der Waals surface area contributed by atoms with E-state index in [-0.39, 0.29) is 11.8 Å². The SMILES string of the molecule is CCc1cccc2c([C@H](CC(=O)NCCN3CCOCC3)c3cccc(Cl)c3)c[nH]c12. The quantitative estimate of drug-likeness (QED) is 0.548. The van der Waals surface area contributed by atoms with Gasteiger partial charge in [0.25, 0.3) is 0 Å². The zero-order valence-electron chi connectivity index (χ0n) is 18.0. The number of para-hydroxylation sites is 1. The Morgan fingerprint density at radius 2 is 2.03 bits per heavy atom. The lowest BCUT2D eigenvalue weighted by molar-refractivity contribution is -0.121. The van der Waals surface area contributed by atoms with Crippen LogP contribution in [0.25, 0.3) is 10.9 Å². The highest BCUT2D eigenvalue weighted by Crippen LogP contribution is 2.35. The van der Waals surface area contributed by atoms with E-state index in [1.165, 1.54) is 10.9 Å². The van der Waals surface area contributed by atoms with Gasteiger partial charge in [-0.1, -0.05) is 48.9 Å². The molecule has 1 amide bonds. The van der Waals surface area contributed by atoms with Crippen molar-refractivity contribution < 1.29 is 9.53 Å². The van der Waals surface area contributed by atoms with Gasteiger partial charge in [0, 0.05) is 60.6 Å². The lowest BCUT2D eigenvalue weighted by Crippen LogP contribution is -2.41. The standard InChI is InChI=1S/C25H30ClN3O2/c1-2-18-5-4-8-21-23(17-28-25(18)21)22(19-6-3-7-20(26)15-19)16-24(30)27-9-10-29-11-13-31-14-12-29/h3-8,15,17,22,28H,2,9-14,16H2,1H3,(H,27,30)/t22-/m1/s1. The maximum absolute atomic E-state index is 12.9. The number of hydrogen-bond donors (Lipinski definition) is 2. The maximum Gasteiger partial charge on any atom is 0.220 e. The Labute approximate surface area is 188 Å². The fourth-order valence-corrected chi connectivity index (χ4v) is 4.59. The number of H-pyrrole nitrogens is 1. The van der Waals surface area contributed by atoms with E-state index in [1.54, 1.807) is 0 Å². The molecule has 4 rings (SSSR count). The third-order valence-corrected chi connectivity index (χ3v) is 6.32. The van der Waals surface area contributed by atoms with Crippen LogP contribution in [0.15, 0.2) is 48.7 Å². The summed E-state index contributed by atoms with van der Waals surface area (Å²) in [5.41, 5.74) is 4.62. The number of carbonyl (C=O) groups excluding carboxylic acids is 1. The third kappa shape index (κ3) is 5.29. The smallest absolute Gasteiger partial charge is 0.220 e. The van der Waals surface area contributed by atoms with Gasteiger partial charge in [-0.25, -0.2) is 0 Å². The molecule has 0 spiro atoms. The predicted molar refractivity (Wildman–Crippen MR) is 126 cm³/mol. The number of morpholine rings is 1. The van der Waals surface area contributed by atoms with E-state index in [0.29, 0.717) is 18.0 Å². The van der Waals surface area contributed by atoms with Crippen LogP contribution in [0.3, 0.4) is 0 Å². The summed E-state index contributed by atoms with van der Waals surface area (Å²) in [5.74, 6) is -0.0119. The number of nitrogens with one attached hydrogen (secondary N) is 2. The summed E-state index contributed by atoms with van der Waals surface area (Å²) in [7, 11) is 0. The first kappa shape index (κ1) is 21.9. The molecule has 1 aromatic heterocycles. The molecule has 0 aliphatic carbocycles. The molecule has 1 aliphatic heterocycles. The van der Waals surface area contributed by atoms with Gasteiger partial charge in [-0.05, 0) is 35.2 Å². The highest BCUT2D eigenvalue weighted by molar-refractivity contribution is 6.30. The molecule has 0 saturated carbocycles. The Bertz CT molecular complexity index is 1030. The van der Waals surface area contributed by atoms with Crippen LogP contribution in [0.4, 0.5) is 0 Å². The Balaban J connectivity index is 1.53. The van der Waals surface area contributed by atoms with Crippen LogP contribution < -0.4 is 5.32 Å². The number of halogens is 1. The van der Waals surface area contributed by atoms with Gasteiger partial charge < -0.3 is 15.0 Å². The molecule has 2 aromatic carbocycles. The topological polar surface area (TPSA) is 57.4 Å². The number of hydrogen-bond acceptors (Lipinski definition) is 3. The van der Waals surface area contributed by atoms with E-state index in [9.17, 15) is 4.79 Å². The number of ether oxygens (including phenoxy) is 1. The van der Waals surface area contributed by atoms with Crippen molar-refractivity contribution in [3.8, 4) is 0 Å². The number of aryl methyl sites for hydroxylation is 1. The first-order valence-corrected chi connectivity index (χ1v) is 11.4. The predicted octanol–water partition coefficient (Wildman–Crippen LogP) is 4.35. The van der Waals surface area contributed by atoms with Crippen LogP contribution in [-0.2, 0) is 16.0 Å². The molecule has 1 fully saturated rings. The average Bonchev–Trinajstić information content (AvgIpc) is 3.22. The summed E-state index contributed by atoms with van der Waals surface area (Å²) in [6.07, 6.45) is 3.39. The van der Waals surface area contributed by atoms with Crippen LogP contribution in [0.5, 0.6) is 0 Å². The lowest BCUT2D eigenvalue weighted by atomic mass is 9.87. The zero-order valence-corrected chi connectivity index (χ0v) is 18.8.